The number of nitrogens with zero attached hydrogens (tertiary/aromatic N) is 1. The number of aliphatic imine (C=N–C) groups is 1. The minimum absolute atomic E-state index is 0. The van der Waals surface area contributed by atoms with Crippen LogP contribution in [0.5, 0.6) is 0 Å². The molecule has 0 bridgehead atoms. The van der Waals surface area contributed by atoms with E-state index in [1.165, 1.54) is 6.07 Å². The number of hydrogen-bond donors (Lipinski definition) is 2. The molecule has 1 aliphatic rings. The molecular weight excluding hydrogens is 516 g/mol. The van der Waals surface area contributed by atoms with Gasteiger partial charge in [0.2, 0.25) is 0 Å². The van der Waals surface area contributed by atoms with Gasteiger partial charge >= 0.3 is 0 Å². The van der Waals surface area contributed by atoms with Crippen LogP contribution in [0.15, 0.2) is 27.7 Å². The highest BCUT2D eigenvalue weighted by Crippen LogP contribution is 2.16. The lowest BCUT2D eigenvalue weighted by Gasteiger charge is -2.12. The van der Waals surface area contributed by atoms with E-state index in [1.807, 2.05) is 13.0 Å². The minimum Gasteiger partial charge on any atom is -0.381 e. The summed E-state index contributed by atoms with van der Waals surface area (Å²) in [5.41, 5.74) is 0.833. The number of hydrogen-bond acceptors (Lipinski definition) is 3. The van der Waals surface area contributed by atoms with Gasteiger partial charge in [-0.1, -0.05) is 6.07 Å². The molecule has 1 aromatic carbocycles. The zero-order valence-corrected chi connectivity index (χ0v) is 19.0. The summed E-state index contributed by atoms with van der Waals surface area (Å²) in [5, 5.41) is 6.47. The molecule has 2 rings (SSSR count). The van der Waals surface area contributed by atoms with E-state index in [1.54, 1.807) is 6.07 Å². The van der Waals surface area contributed by atoms with Gasteiger partial charge in [0.25, 0.3) is 0 Å². The molecule has 0 amide bonds. The third-order valence-corrected chi connectivity index (χ3v) is 4.53. The number of ether oxygens (including phenoxy) is 2. The lowest BCUT2D eigenvalue weighted by molar-refractivity contribution is 0.0888. The van der Waals surface area contributed by atoms with Crippen LogP contribution in [-0.4, -0.2) is 45.5 Å². The SMILES string of the molecule is CCNC(=NCc1ccc(Br)c(F)c1)NCCCOCC1CCOC1.I. The lowest BCUT2D eigenvalue weighted by atomic mass is 10.1. The summed E-state index contributed by atoms with van der Waals surface area (Å²) in [6.45, 7) is 7.19. The van der Waals surface area contributed by atoms with Gasteiger partial charge in [-0.2, -0.15) is 0 Å². The third-order valence-electron chi connectivity index (χ3n) is 3.88. The first-order chi connectivity index (χ1) is 12.2. The third kappa shape index (κ3) is 8.96. The summed E-state index contributed by atoms with van der Waals surface area (Å²) >= 11 is 3.16. The van der Waals surface area contributed by atoms with Gasteiger partial charge in [0.05, 0.1) is 24.2 Å². The summed E-state index contributed by atoms with van der Waals surface area (Å²) in [7, 11) is 0. The lowest BCUT2D eigenvalue weighted by Crippen LogP contribution is -2.38. The van der Waals surface area contributed by atoms with Crippen LogP contribution in [-0.2, 0) is 16.0 Å². The zero-order chi connectivity index (χ0) is 17.9. The van der Waals surface area contributed by atoms with E-state index in [0.717, 1.165) is 63.9 Å². The van der Waals surface area contributed by atoms with E-state index in [2.05, 4.69) is 31.6 Å². The van der Waals surface area contributed by atoms with Crippen molar-refractivity contribution < 1.29 is 13.9 Å². The monoisotopic (exact) mass is 543 g/mol. The van der Waals surface area contributed by atoms with Gasteiger partial charge in [-0.3, -0.25) is 0 Å². The molecule has 26 heavy (non-hydrogen) atoms. The highest BCUT2D eigenvalue weighted by atomic mass is 127. The normalized spacial score (nSPS) is 17.0. The van der Waals surface area contributed by atoms with Crippen LogP contribution in [0.25, 0.3) is 0 Å². The van der Waals surface area contributed by atoms with Gasteiger partial charge in [0, 0.05) is 32.2 Å². The Balaban J connectivity index is 0.00000338. The Morgan fingerprint density at radius 1 is 1.42 bits per heavy atom. The second-order valence-electron chi connectivity index (χ2n) is 6.03. The standard InChI is InChI=1S/C18H27BrFN3O2.HI/c1-2-21-18(23-11-14-4-5-16(19)17(20)10-14)22-7-3-8-24-12-15-6-9-25-13-15;/h4-5,10,15H,2-3,6-9,11-13H2,1H3,(H2,21,22,23);1H. The molecule has 8 heteroatoms. The summed E-state index contributed by atoms with van der Waals surface area (Å²) < 4.78 is 25.0. The molecule has 1 saturated heterocycles. The Bertz CT molecular complexity index is 557. The second kappa shape index (κ2) is 13.7. The molecule has 0 aliphatic carbocycles. The van der Waals surface area contributed by atoms with Crippen molar-refractivity contribution in [2.24, 2.45) is 10.9 Å². The number of halogens is 3. The van der Waals surface area contributed by atoms with Gasteiger partial charge in [-0.05, 0) is 53.4 Å². The van der Waals surface area contributed by atoms with Crippen molar-refractivity contribution in [3.8, 4) is 0 Å². The molecule has 1 fully saturated rings. The highest BCUT2D eigenvalue weighted by molar-refractivity contribution is 14.0. The highest BCUT2D eigenvalue weighted by Gasteiger charge is 2.15. The van der Waals surface area contributed by atoms with Crippen LogP contribution in [0.3, 0.4) is 0 Å². The van der Waals surface area contributed by atoms with Gasteiger partial charge in [0.1, 0.15) is 5.82 Å². The van der Waals surface area contributed by atoms with Crippen LogP contribution in [0.2, 0.25) is 0 Å². The Hall–Kier alpha value is -0.450. The molecule has 0 radical (unpaired) electrons. The van der Waals surface area contributed by atoms with Gasteiger partial charge in [-0.25, -0.2) is 9.38 Å². The average molecular weight is 544 g/mol. The van der Waals surface area contributed by atoms with E-state index >= 15 is 0 Å². The Morgan fingerprint density at radius 3 is 2.96 bits per heavy atom. The number of rotatable bonds is 9. The molecule has 5 nitrogen and oxygen atoms in total. The number of guanidine groups is 1. The van der Waals surface area contributed by atoms with E-state index in [9.17, 15) is 4.39 Å². The van der Waals surface area contributed by atoms with Crippen molar-refractivity contribution in [3.05, 3.63) is 34.1 Å². The largest absolute Gasteiger partial charge is 0.381 e. The average Bonchev–Trinajstić information content (AvgIpc) is 3.12. The molecule has 0 saturated carbocycles. The molecule has 1 aliphatic heterocycles. The number of nitrogens with one attached hydrogen (secondary N) is 2. The first-order valence-corrected chi connectivity index (χ1v) is 9.60. The summed E-state index contributed by atoms with van der Waals surface area (Å²) in [6.07, 6.45) is 2.01. The van der Waals surface area contributed by atoms with Crippen molar-refractivity contribution >= 4 is 45.9 Å². The first kappa shape index (κ1) is 23.6. The van der Waals surface area contributed by atoms with Crippen LogP contribution < -0.4 is 10.6 Å². The van der Waals surface area contributed by atoms with E-state index in [4.69, 9.17) is 9.47 Å². The predicted octanol–water partition coefficient (Wildman–Crippen LogP) is 3.70. The van der Waals surface area contributed by atoms with Crippen LogP contribution in [0.1, 0.15) is 25.3 Å². The van der Waals surface area contributed by atoms with E-state index < -0.39 is 0 Å². The van der Waals surface area contributed by atoms with Crippen LogP contribution in [0, 0.1) is 11.7 Å². The molecular formula is C18H28BrFIN3O2. The zero-order valence-electron chi connectivity index (χ0n) is 15.1. The fraction of sp³-hybridized carbons (Fsp3) is 0.611. The maximum absolute atomic E-state index is 13.5. The van der Waals surface area contributed by atoms with Crippen molar-refractivity contribution in [2.45, 2.75) is 26.3 Å². The van der Waals surface area contributed by atoms with Crippen molar-refractivity contribution in [3.63, 3.8) is 0 Å². The smallest absolute Gasteiger partial charge is 0.191 e. The molecule has 0 aromatic heterocycles. The Labute approximate surface area is 180 Å². The predicted molar refractivity (Wildman–Crippen MR) is 117 cm³/mol. The van der Waals surface area contributed by atoms with Crippen molar-refractivity contribution in [1.82, 2.24) is 10.6 Å². The van der Waals surface area contributed by atoms with Gasteiger partial charge < -0.3 is 20.1 Å². The Morgan fingerprint density at radius 2 is 2.27 bits per heavy atom. The van der Waals surface area contributed by atoms with Crippen LogP contribution in [0.4, 0.5) is 4.39 Å². The van der Waals surface area contributed by atoms with E-state index in [0.29, 0.717) is 16.9 Å². The fourth-order valence-electron chi connectivity index (χ4n) is 2.50. The molecule has 1 aromatic rings. The maximum atomic E-state index is 13.5. The summed E-state index contributed by atoms with van der Waals surface area (Å²) in [5.74, 6) is 1.02. The second-order valence-corrected chi connectivity index (χ2v) is 6.88. The fourth-order valence-corrected chi connectivity index (χ4v) is 2.74. The number of benzene rings is 1. The maximum Gasteiger partial charge on any atom is 0.191 e. The molecule has 1 atom stereocenters. The molecule has 2 N–H and O–H groups in total. The molecule has 1 unspecified atom stereocenters. The quantitative estimate of drug-likeness (QED) is 0.216. The Kier molecular flexibility index (Phi) is 12.4. The topological polar surface area (TPSA) is 54.9 Å². The molecule has 0 spiro atoms. The van der Waals surface area contributed by atoms with E-state index in [-0.39, 0.29) is 29.8 Å². The molecule has 148 valence electrons. The molecule has 1 heterocycles. The summed E-state index contributed by atoms with van der Waals surface area (Å²) in [4.78, 5) is 4.49. The van der Waals surface area contributed by atoms with Gasteiger partial charge in [-0.15, -0.1) is 24.0 Å². The van der Waals surface area contributed by atoms with Crippen LogP contribution >= 0.6 is 39.9 Å². The first-order valence-electron chi connectivity index (χ1n) is 8.80. The van der Waals surface area contributed by atoms with Crippen molar-refractivity contribution in [1.29, 1.82) is 0 Å². The minimum atomic E-state index is -0.268. The van der Waals surface area contributed by atoms with Crippen molar-refractivity contribution in [2.75, 3.05) is 39.5 Å². The summed E-state index contributed by atoms with van der Waals surface area (Å²) in [6, 6.07) is 5.06. The van der Waals surface area contributed by atoms with Gasteiger partial charge in [0.15, 0.2) is 5.96 Å².